The van der Waals surface area contributed by atoms with E-state index < -0.39 is 23.0 Å². The minimum absolute atomic E-state index is 0.0606. The molecule has 2 aromatic heterocycles. The van der Waals surface area contributed by atoms with E-state index in [0.717, 1.165) is 19.2 Å². The summed E-state index contributed by atoms with van der Waals surface area (Å²) in [5.74, 6) is -1.77. The Bertz CT molecular complexity index is 1270. The third-order valence-electron chi connectivity index (χ3n) is 5.61. The number of pyridine rings is 2. The van der Waals surface area contributed by atoms with Gasteiger partial charge in [0.1, 0.15) is 17.1 Å². The van der Waals surface area contributed by atoms with Crippen LogP contribution < -0.4 is 15.1 Å². The first-order valence-electron chi connectivity index (χ1n) is 10.5. The molecule has 3 aromatic rings. The zero-order valence-electron chi connectivity index (χ0n) is 18.6. The first-order chi connectivity index (χ1) is 15.8. The fourth-order valence-electron chi connectivity index (χ4n) is 3.84. The number of anilines is 1. The van der Waals surface area contributed by atoms with Gasteiger partial charge in [0.2, 0.25) is 5.43 Å². The quantitative estimate of drug-likeness (QED) is 0.544. The normalized spacial score (nSPS) is 14.5. The van der Waals surface area contributed by atoms with Gasteiger partial charge in [-0.1, -0.05) is 0 Å². The molecule has 0 bridgehead atoms. The molecule has 0 saturated carbocycles. The van der Waals surface area contributed by atoms with Crippen molar-refractivity contribution in [2.45, 2.75) is 6.92 Å². The molecule has 1 aliphatic heterocycles. The molecule has 0 N–H and O–H groups in total. The van der Waals surface area contributed by atoms with Crippen molar-refractivity contribution in [3.8, 4) is 11.4 Å². The van der Waals surface area contributed by atoms with Crippen LogP contribution in [0.2, 0.25) is 0 Å². The van der Waals surface area contributed by atoms with Gasteiger partial charge in [-0.3, -0.25) is 9.36 Å². The molecule has 33 heavy (non-hydrogen) atoms. The van der Waals surface area contributed by atoms with Crippen molar-refractivity contribution < 1.29 is 23.0 Å². The van der Waals surface area contributed by atoms with Gasteiger partial charge in [-0.2, -0.15) is 0 Å². The molecular weight excluding hydrogens is 434 g/mol. The van der Waals surface area contributed by atoms with E-state index in [1.807, 2.05) is 11.9 Å². The minimum Gasteiger partial charge on any atom is -0.494 e. The molecule has 10 heteroatoms. The zero-order valence-corrected chi connectivity index (χ0v) is 18.6. The topological polar surface area (TPSA) is 76.9 Å². The molecule has 174 valence electrons. The Hall–Kier alpha value is -3.53. The van der Waals surface area contributed by atoms with Crippen molar-refractivity contribution in [2.24, 2.45) is 0 Å². The molecule has 1 saturated heterocycles. The van der Waals surface area contributed by atoms with Gasteiger partial charge in [0.15, 0.2) is 17.3 Å². The fraction of sp³-hybridized carbons (Fsp3) is 0.348. The SMILES string of the molecule is CCOC(=O)c1cn(-c2ccc(F)cc2OC)c2nc(N3CCN(C)CC3)c(F)cc2c1=O. The number of hydrogen-bond donors (Lipinski definition) is 0. The maximum Gasteiger partial charge on any atom is 0.343 e. The second-order valence-corrected chi connectivity index (χ2v) is 7.73. The molecule has 0 aliphatic carbocycles. The number of carbonyl (C=O) groups is 1. The van der Waals surface area contributed by atoms with Crippen LogP contribution in [0.1, 0.15) is 17.3 Å². The van der Waals surface area contributed by atoms with Crippen molar-refractivity contribution in [3.05, 3.63) is 57.9 Å². The Morgan fingerprint density at radius 3 is 2.55 bits per heavy atom. The first-order valence-corrected chi connectivity index (χ1v) is 10.5. The van der Waals surface area contributed by atoms with Crippen LogP contribution in [0.25, 0.3) is 16.7 Å². The minimum atomic E-state index is -0.845. The number of halogens is 2. The summed E-state index contributed by atoms with van der Waals surface area (Å²) in [7, 11) is 3.36. The number of methoxy groups -OCH3 is 1. The molecule has 0 amide bonds. The van der Waals surface area contributed by atoms with Crippen LogP contribution in [0.3, 0.4) is 0 Å². The third-order valence-corrected chi connectivity index (χ3v) is 5.61. The first kappa shape index (κ1) is 22.7. The lowest BCUT2D eigenvalue weighted by molar-refractivity contribution is 0.0524. The van der Waals surface area contributed by atoms with Gasteiger partial charge in [0.25, 0.3) is 0 Å². The highest BCUT2D eigenvalue weighted by atomic mass is 19.1. The number of aromatic nitrogens is 2. The van der Waals surface area contributed by atoms with Gasteiger partial charge < -0.3 is 19.3 Å². The second kappa shape index (κ2) is 9.14. The van der Waals surface area contributed by atoms with Gasteiger partial charge in [0, 0.05) is 38.4 Å². The summed E-state index contributed by atoms with van der Waals surface area (Å²) in [5.41, 5.74) is -0.535. The number of esters is 1. The highest BCUT2D eigenvalue weighted by Crippen LogP contribution is 2.29. The average Bonchev–Trinajstić information content (AvgIpc) is 2.80. The maximum absolute atomic E-state index is 15.1. The largest absolute Gasteiger partial charge is 0.494 e. The number of piperazine rings is 1. The van der Waals surface area contributed by atoms with Gasteiger partial charge >= 0.3 is 5.97 Å². The fourth-order valence-corrected chi connectivity index (χ4v) is 3.84. The summed E-state index contributed by atoms with van der Waals surface area (Å²) in [4.78, 5) is 34.0. The number of ether oxygens (including phenoxy) is 2. The van der Waals surface area contributed by atoms with Gasteiger partial charge in [-0.25, -0.2) is 18.6 Å². The van der Waals surface area contributed by atoms with Crippen LogP contribution >= 0.6 is 0 Å². The van der Waals surface area contributed by atoms with Crippen molar-refractivity contribution in [1.82, 2.24) is 14.5 Å². The van der Waals surface area contributed by atoms with Crippen LogP contribution in [-0.4, -0.2) is 67.4 Å². The summed E-state index contributed by atoms with van der Waals surface area (Å²) in [6.45, 7) is 4.28. The zero-order chi connectivity index (χ0) is 23.7. The molecule has 0 spiro atoms. The Morgan fingerprint density at radius 1 is 1.15 bits per heavy atom. The summed E-state index contributed by atoms with van der Waals surface area (Å²) in [6, 6.07) is 4.92. The average molecular weight is 458 g/mol. The molecule has 1 aromatic carbocycles. The lowest BCUT2D eigenvalue weighted by Gasteiger charge is -2.33. The number of benzene rings is 1. The van der Waals surface area contributed by atoms with Crippen LogP contribution in [-0.2, 0) is 4.74 Å². The molecule has 0 radical (unpaired) electrons. The van der Waals surface area contributed by atoms with Crippen LogP contribution in [0.15, 0.2) is 35.3 Å². The molecule has 8 nitrogen and oxygen atoms in total. The number of rotatable bonds is 5. The molecule has 0 unspecified atom stereocenters. The highest BCUT2D eigenvalue weighted by Gasteiger charge is 2.24. The van der Waals surface area contributed by atoms with E-state index in [0.29, 0.717) is 18.8 Å². The van der Waals surface area contributed by atoms with E-state index in [-0.39, 0.29) is 34.8 Å². The van der Waals surface area contributed by atoms with E-state index in [1.165, 1.54) is 36.1 Å². The lowest BCUT2D eigenvalue weighted by Crippen LogP contribution is -2.45. The lowest BCUT2D eigenvalue weighted by atomic mass is 10.1. The standard InChI is InChI=1S/C23H24F2N4O4/c1-4-33-23(31)16-13-29(18-6-5-14(24)11-19(18)32-3)21-15(20(16)30)12-17(25)22(26-21)28-9-7-27(2)8-10-28/h5-6,11-13H,4,7-10H2,1-3H3. The molecule has 4 rings (SSSR count). The van der Waals surface area contributed by atoms with E-state index in [1.54, 1.807) is 6.92 Å². The Morgan fingerprint density at radius 2 is 1.88 bits per heavy atom. The molecule has 1 fully saturated rings. The maximum atomic E-state index is 15.1. The Balaban J connectivity index is 2.00. The number of nitrogens with zero attached hydrogens (tertiary/aromatic N) is 4. The monoisotopic (exact) mass is 458 g/mol. The summed E-state index contributed by atoms with van der Waals surface area (Å²) in [5, 5.41) is -0.0951. The summed E-state index contributed by atoms with van der Waals surface area (Å²) in [6.07, 6.45) is 1.27. The van der Waals surface area contributed by atoms with Crippen molar-refractivity contribution in [1.29, 1.82) is 0 Å². The van der Waals surface area contributed by atoms with E-state index >= 15 is 4.39 Å². The summed E-state index contributed by atoms with van der Waals surface area (Å²) < 4.78 is 40.7. The molecular formula is C23H24F2N4O4. The second-order valence-electron chi connectivity index (χ2n) is 7.73. The molecule has 3 heterocycles. The number of hydrogen-bond acceptors (Lipinski definition) is 7. The highest BCUT2D eigenvalue weighted by molar-refractivity contribution is 5.94. The molecule has 0 atom stereocenters. The third kappa shape index (κ3) is 4.25. The summed E-state index contributed by atoms with van der Waals surface area (Å²) >= 11 is 0. The van der Waals surface area contributed by atoms with Crippen LogP contribution in [0.4, 0.5) is 14.6 Å². The van der Waals surface area contributed by atoms with Gasteiger partial charge in [-0.15, -0.1) is 0 Å². The van der Waals surface area contributed by atoms with Crippen molar-refractivity contribution in [2.75, 3.05) is 51.8 Å². The van der Waals surface area contributed by atoms with Crippen molar-refractivity contribution in [3.63, 3.8) is 0 Å². The van der Waals surface area contributed by atoms with Crippen LogP contribution in [0.5, 0.6) is 5.75 Å². The van der Waals surface area contributed by atoms with Crippen LogP contribution in [0, 0.1) is 11.6 Å². The van der Waals surface area contributed by atoms with Crippen molar-refractivity contribution >= 4 is 22.8 Å². The predicted molar refractivity (Wildman–Crippen MR) is 119 cm³/mol. The smallest absolute Gasteiger partial charge is 0.343 e. The van der Waals surface area contributed by atoms with Gasteiger partial charge in [0.05, 0.1) is 24.8 Å². The Kier molecular flexibility index (Phi) is 6.28. The Labute approximate surface area is 188 Å². The van der Waals surface area contributed by atoms with Gasteiger partial charge in [-0.05, 0) is 32.2 Å². The number of likely N-dealkylation sites (N-methyl/N-ethyl adjacent to an activating group) is 1. The van der Waals surface area contributed by atoms with E-state index in [4.69, 9.17) is 9.47 Å². The van der Waals surface area contributed by atoms with E-state index in [9.17, 15) is 14.0 Å². The number of fused-ring (bicyclic) bond motifs is 1. The van der Waals surface area contributed by atoms with E-state index in [2.05, 4.69) is 9.88 Å². The number of carbonyl (C=O) groups excluding carboxylic acids is 1. The molecule has 1 aliphatic rings. The predicted octanol–water partition coefficient (Wildman–Crippen LogP) is 2.60.